The molecular weight excluding hydrogens is 371 g/mol. The molecule has 0 radical (unpaired) electrons. The number of nitrogens with one attached hydrogen (secondary N) is 1. The Morgan fingerprint density at radius 3 is 2.37 bits per heavy atom. The molecule has 0 saturated carbocycles. The summed E-state index contributed by atoms with van der Waals surface area (Å²) < 4.78 is 0.747. The van der Waals surface area contributed by atoms with Crippen molar-refractivity contribution in [2.45, 2.75) is 6.92 Å². The highest BCUT2D eigenvalue weighted by Gasteiger charge is 2.15. The van der Waals surface area contributed by atoms with Crippen molar-refractivity contribution in [1.29, 1.82) is 0 Å². The first-order chi connectivity index (χ1) is 8.88. The number of hydrogen-bond donors (Lipinski definition) is 2. The van der Waals surface area contributed by atoms with Gasteiger partial charge in [-0.3, -0.25) is 4.79 Å². The van der Waals surface area contributed by atoms with E-state index in [4.69, 9.17) is 28.9 Å². The lowest BCUT2D eigenvalue weighted by Crippen LogP contribution is -2.11. The van der Waals surface area contributed by atoms with Gasteiger partial charge in [0.1, 0.15) is 0 Å². The number of benzene rings is 1. The summed E-state index contributed by atoms with van der Waals surface area (Å²) in [4.78, 5) is 13.5. The van der Waals surface area contributed by atoms with Crippen molar-refractivity contribution in [1.82, 2.24) is 0 Å². The molecule has 2 rings (SSSR count). The maximum Gasteiger partial charge on any atom is 0.265 e. The van der Waals surface area contributed by atoms with Crippen molar-refractivity contribution in [3.8, 4) is 0 Å². The van der Waals surface area contributed by atoms with Crippen molar-refractivity contribution in [2.24, 2.45) is 0 Å². The van der Waals surface area contributed by atoms with Gasteiger partial charge in [-0.25, -0.2) is 0 Å². The van der Waals surface area contributed by atoms with Gasteiger partial charge in [0.05, 0.1) is 20.6 Å². The molecule has 3 N–H and O–H groups in total. The fourth-order valence-electron chi connectivity index (χ4n) is 1.44. The topological polar surface area (TPSA) is 55.1 Å². The van der Waals surface area contributed by atoms with Gasteiger partial charge in [0.2, 0.25) is 0 Å². The molecular formula is C12H9BrCl2N2OS. The van der Waals surface area contributed by atoms with E-state index in [0.29, 0.717) is 26.3 Å². The molecule has 1 aromatic heterocycles. The van der Waals surface area contributed by atoms with Crippen molar-refractivity contribution in [2.75, 3.05) is 11.1 Å². The molecule has 2 aromatic rings. The lowest BCUT2D eigenvalue weighted by atomic mass is 10.3. The molecule has 0 fully saturated rings. The van der Waals surface area contributed by atoms with Gasteiger partial charge in [0, 0.05) is 15.0 Å². The first-order valence-corrected chi connectivity index (χ1v) is 7.57. The monoisotopic (exact) mass is 378 g/mol. The van der Waals surface area contributed by atoms with Crippen LogP contribution in [0.3, 0.4) is 0 Å². The molecule has 1 amide bonds. The summed E-state index contributed by atoms with van der Waals surface area (Å²) in [5.41, 5.74) is 6.71. The molecule has 100 valence electrons. The van der Waals surface area contributed by atoms with E-state index < -0.39 is 0 Å². The van der Waals surface area contributed by atoms with E-state index in [1.165, 1.54) is 11.3 Å². The molecule has 0 aliphatic rings. The van der Waals surface area contributed by atoms with Gasteiger partial charge in [-0.15, -0.1) is 11.3 Å². The Hall–Kier alpha value is -0.750. The fourth-order valence-corrected chi connectivity index (χ4v) is 3.58. The van der Waals surface area contributed by atoms with E-state index >= 15 is 0 Å². The lowest BCUT2D eigenvalue weighted by Gasteiger charge is -2.08. The number of hydrogen-bond acceptors (Lipinski definition) is 3. The quantitative estimate of drug-likeness (QED) is 0.774. The predicted octanol–water partition coefficient (Wildman–Crippen LogP) is 4.96. The normalized spacial score (nSPS) is 10.5. The van der Waals surface area contributed by atoms with Crippen molar-refractivity contribution < 1.29 is 4.79 Å². The third-order valence-corrected chi connectivity index (χ3v) is 4.54. The summed E-state index contributed by atoms with van der Waals surface area (Å²) in [6, 6.07) is 4.96. The zero-order chi connectivity index (χ0) is 14.2. The third kappa shape index (κ3) is 3.23. The van der Waals surface area contributed by atoms with E-state index in [9.17, 15) is 4.79 Å². The second-order valence-corrected chi connectivity index (χ2v) is 6.81. The van der Waals surface area contributed by atoms with Gasteiger partial charge in [0.25, 0.3) is 5.91 Å². The molecule has 0 spiro atoms. The number of nitrogens with two attached hydrogens (primary N) is 1. The summed E-state index contributed by atoms with van der Waals surface area (Å²) in [5, 5.41) is 3.43. The Morgan fingerprint density at radius 1 is 1.32 bits per heavy atom. The standard InChI is InChI=1S/C12H9BrCl2N2OS/c1-5-9(16)4-10(19-5)12(18)17-11-7(14)2-6(13)3-8(11)15/h2-4H,16H2,1H3,(H,17,18). The van der Waals surface area contributed by atoms with Crippen LogP contribution in [0.4, 0.5) is 11.4 Å². The van der Waals surface area contributed by atoms with E-state index in [0.717, 1.165) is 9.35 Å². The number of nitrogen functional groups attached to an aromatic ring is 1. The van der Waals surface area contributed by atoms with Crippen LogP contribution >= 0.6 is 50.5 Å². The van der Waals surface area contributed by atoms with Crippen LogP contribution in [0.5, 0.6) is 0 Å². The van der Waals surface area contributed by atoms with Crippen molar-refractivity contribution in [3.05, 3.63) is 42.5 Å². The zero-order valence-electron chi connectivity index (χ0n) is 9.76. The molecule has 0 unspecified atom stereocenters. The average molecular weight is 380 g/mol. The summed E-state index contributed by atoms with van der Waals surface area (Å²) in [6.45, 7) is 1.86. The number of halogens is 3. The summed E-state index contributed by atoms with van der Waals surface area (Å²) in [6.07, 6.45) is 0. The Kier molecular flexibility index (Phi) is 4.40. The van der Waals surface area contributed by atoms with E-state index in [1.807, 2.05) is 6.92 Å². The molecule has 0 saturated heterocycles. The molecule has 1 heterocycles. The largest absolute Gasteiger partial charge is 0.398 e. The molecule has 7 heteroatoms. The number of anilines is 2. The highest BCUT2D eigenvalue weighted by atomic mass is 79.9. The first kappa shape index (κ1) is 14.7. The number of rotatable bonds is 2. The molecule has 1 aromatic carbocycles. The highest BCUT2D eigenvalue weighted by Crippen LogP contribution is 2.34. The summed E-state index contributed by atoms with van der Waals surface area (Å²) >= 11 is 16.7. The maximum absolute atomic E-state index is 12.1. The zero-order valence-corrected chi connectivity index (χ0v) is 13.7. The minimum Gasteiger partial charge on any atom is -0.398 e. The molecule has 3 nitrogen and oxygen atoms in total. The van der Waals surface area contributed by atoms with Gasteiger partial charge < -0.3 is 11.1 Å². The fraction of sp³-hybridized carbons (Fsp3) is 0.0833. The summed E-state index contributed by atoms with van der Waals surface area (Å²) in [7, 11) is 0. The Bertz CT molecular complexity index is 615. The van der Waals surface area contributed by atoms with Gasteiger partial charge >= 0.3 is 0 Å². The Labute approximate surface area is 132 Å². The average Bonchev–Trinajstić information content (AvgIpc) is 2.64. The number of amides is 1. The molecule has 0 atom stereocenters. The Balaban J connectivity index is 2.29. The van der Waals surface area contributed by atoms with Gasteiger partial charge in [-0.1, -0.05) is 39.1 Å². The minimum absolute atomic E-state index is 0.282. The predicted molar refractivity (Wildman–Crippen MR) is 85.6 cm³/mol. The van der Waals surface area contributed by atoms with Crippen LogP contribution in [0.2, 0.25) is 10.0 Å². The second kappa shape index (κ2) is 5.71. The number of carbonyl (C=O) groups excluding carboxylic acids is 1. The van der Waals surface area contributed by atoms with Crippen LogP contribution in [-0.4, -0.2) is 5.91 Å². The number of thiophene rings is 1. The second-order valence-electron chi connectivity index (χ2n) is 3.82. The molecule has 19 heavy (non-hydrogen) atoms. The molecule has 0 aliphatic carbocycles. The Morgan fingerprint density at radius 2 is 1.89 bits per heavy atom. The molecule has 0 aliphatic heterocycles. The van der Waals surface area contributed by atoms with E-state index in [2.05, 4.69) is 21.2 Å². The lowest BCUT2D eigenvalue weighted by molar-refractivity contribution is 0.103. The van der Waals surface area contributed by atoms with Gasteiger partial charge in [-0.05, 0) is 25.1 Å². The van der Waals surface area contributed by atoms with Gasteiger partial charge in [-0.2, -0.15) is 0 Å². The SMILES string of the molecule is Cc1sc(C(=O)Nc2c(Cl)cc(Br)cc2Cl)cc1N. The van der Waals surface area contributed by atoms with E-state index in [-0.39, 0.29) is 5.91 Å². The van der Waals surface area contributed by atoms with Crippen LogP contribution in [-0.2, 0) is 0 Å². The van der Waals surface area contributed by atoms with Crippen LogP contribution in [0.1, 0.15) is 14.5 Å². The van der Waals surface area contributed by atoms with Crippen molar-refractivity contribution >= 4 is 67.8 Å². The van der Waals surface area contributed by atoms with Crippen molar-refractivity contribution in [3.63, 3.8) is 0 Å². The van der Waals surface area contributed by atoms with Crippen LogP contribution in [0.15, 0.2) is 22.7 Å². The number of aryl methyl sites for hydroxylation is 1. The smallest absolute Gasteiger partial charge is 0.265 e. The van der Waals surface area contributed by atoms with E-state index in [1.54, 1.807) is 18.2 Å². The van der Waals surface area contributed by atoms with Gasteiger partial charge in [0.15, 0.2) is 0 Å². The van der Waals surface area contributed by atoms with Crippen LogP contribution < -0.4 is 11.1 Å². The summed E-state index contributed by atoms with van der Waals surface area (Å²) in [5.74, 6) is -0.282. The van der Waals surface area contributed by atoms with Crippen LogP contribution in [0, 0.1) is 6.92 Å². The highest BCUT2D eigenvalue weighted by molar-refractivity contribution is 9.10. The number of carbonyl (C=O) groups is 1. The third-order valence-electron chi connectivity index (χ3n) is 2.43. The molecule has 0 bridgehead atoms. The first-order valence-electron chi connectivity index (χ1n) is 5.20. The minimum atomic E-state index is -0.282. The van der Waals surface area contributed by atoms with Crippen LogP contribution in [0.25, 0.3) is 0 Å². The maximum atomic E-state index is 12.1.